The van der Waals surface area contributed by atoms with E-state index in [-0.39, 0.29) is 17.6 Å². The van der Waals surface area contributed by atoms with Gasteiger partial charge in [0.15, 0.2) is 0 Å². The van der Waals surface area contributed by atoms with Crippen molar-refractivity contribution in [1.82, 2.24) is 5.32 Å². The van der Waals surface area contributed by atoms with Gasteiger partial charge in [0.2, 0.25) is 0 Å². The molecule has 2 atom stereocenters. The summed E-state index contributed by atoms with van der Waals surface area (Å²) in [6, 6.07) is 54.9. The highest BCUT2D eigenvalue weighted by atomic mass is 32.1. The lowest BCUT2D eigenvalue weighted by Crippen LogP contribution is -2.31. The summed E-state index contributed by atoms with van der Waals surface area (Å²) in [6.07, 6.45) is 4.15. The van der Waals surface area contributed by atoms with E-state index in [0.29, 0.717) is 0 Å². The van der Waals surface area contributed by atoms with Crippen molar-refractivity contribution >= 4 is 48.4 Å². The largest absolute Gasteiger partial charge is 0.312 e. The second-order valence-corrected chi connectivity index (χ2v) is 15.0. The lowest BCUT2D eigenvalue weighted by Gasteiger charge is -2.22. The molecule has 0 aliphatic heterocycles. The SMILES string of the molecule is CC1(C)c2cc3ccccc3cc2-c2c(-c3ccc(/C=C/C(NC(N)c4ccccc4)c4ccc5sc6ccccc6c5c4)cc3)cccc21. The molecular weight excluding hydrogens is 625 g/mol. The molecule has 1 aliphatic rings. The Morgan fingerprint density at radius 1 is 0.600 bits per heavy atom. The van der Waals surface area contributed by atoms with Crippen LogP contribution in [-0.4, -0.2) is 0 Å². The van der Waals surface area contributed by atoms with Gasteiger partial charge in [-0.1, -0.05) is 147 Å². The molecule has 1 heterocycles. The zero-order valence-electron chi connectivity index (χ0n) is 28.2. The number of nitrogens with one attached hydrogen (secondary N) is 1. The van der Waals surface area contributed by atoms with E-state index in [2.05, 4.69) is 165 Å². The molecule has 7 aromatic carbocycles. The summed E-state index contributed by atoms with van der Waals surface area (Å²) in [5.41, 5.74) is 18.1. The van der Waals surface area contributed by atoms with Crippen LogP contribution >= 0.6 is 11.3 Å². The lowest BCUT2D eigenvalue weighted by molar-refractivity contribution is 0.509. The highest BCUT2D eigenvalue weighted by molar-refractivity contribution is 7.25. The highest BCUT2D eigenvalue weighted by Crippen LogP contribution is 2.53. The molecule has 0 fully saturated rings. The first kappa shape index (κ1) is 30.7. The zero-order chi connectivity index (χ0) is 33.8. The van der Waals surface area contributed by atoms with Crippen molar-refractivity contribution in [1.29, 1.82) is 0 Å². The highest BCUT2D eigenvalue weighted by Gasteiger charge is 2.37. The number of hydrogen-bond donors (Lipinski definition) is 2. The van der Waals surface area contributed by atoms with Crippen molar-refractivity contribution in [3.63, 3.8) is 0 Å². The van der Waals surface area contributed by atoms with E-state index >= 15 is 0 Å². The van der Waals surface area contributed by atoms with Gasteiger partial charge >= 0.3 is 0 Å². The van der Waals surface area contributed by atoms with Gasteiger partial charge in [-0.05, 0) is 91.2 Å². The topological polar surface area (TPSA) is 38.0 Å². The predicted molar refractivity (Wildman–Crippen MR) is 215 cm³/mol. The number of rotatable bonds is 7. The van der Waals surface area contributed by atoms with Gasteiger partial charge in [0.1, 0.15) is 0 Å². The van der Waals surface area contributed by atoms with Gasteiger partial charge in [0.05, 0.1) is 12.2 Å². The lowest BCUT2D eigenvalue weighted by atomic mass is 9.81. The van der Waals surface area contributed by atoms with E-state index < -0.39 is 0 Å². The molecule has 3 N–H and O–H groups in total. The van der Waals surface area contributed by atoms with Gasteiger partial charge in [0.25, 0.3) is 0 Å². The Morgan fingerprint density at radius 2 is 1.32 bits per heavy atom. The molecule has 0 radical (unpaired) electrons. The minimum absolute atomic E-state index is 0.0612. The average molecular weight is 663 g/mol. The van der Waals surface area contributed by atoms with Crippen LogP contribution in [0.3, 0.4) is 0 Å². The molecule has 0 bridgehead atoms. The first-order valence-corrected chi connectivity index (χ1v) is 18.2. The molecule has 3 heteroatoms. The quantitative estimate of drug-likeness (QED) is 0.167. The molecule has 0 spiro atoms. The smallest absolute Gasteiger partial charge is 0.0817 e. The fourth-order valence-electron chi connectivity index (χ4n) is 7.84. The summed E-state index contributed by atoms with van der Waals surface area (Å²) >= 11 is 1.84. The first-order chi connectivity index (χ1) is 24.4. The third kappa shape index (κ3) is 5.26. The van der Waals surface area contributed by atoms with Crippen molar-refractivity contribution in [3.8, 4) is 22.3 Å². The monoisotopic (exact) mass is 662 g/mol. The third-order valence-electron chi connectivity index (χ3n) is 10.5. The molecule has 0 saturated carbocycles. The van der Waals surface area contributed by atoms with Crippen LogP contribution in [0.2, 0.25) is 0 Å². The first-order valence-electron chi connectivity index (χ1n) is 17.4. The van der Waals surface area contributed by atoms with E-state index in [1.165, 1.54) is 69.9 Å². The van der Waals surface area contributed by atoms with Gasteiger partial charge < -0.3 is 5.73 Å². The minimum atomic E-state index is -0.312. The van der Waals surface area contributed by atoms with Gasteiger partial charge in [-0.15, -0.1) is 11.3 Å². The van der Waals surface area contributed by atoms with Crippen LogP contribution in [0.1, 0.15) is 53.9 Å². The summed E-state index contributed by atoms with van der Waals surface area (Å²) in [4.78, 5) is 0. The van der Waals surface area contributed by atoms with Gasteiger partial charge in [-0.2, -0.15) is 0 Å². The normalized spacial score (nSPS) is 14.7. The van der Waals surface area contributed by atoms with Crippen molar-refractivity contribution in [3.05, 3.63) is 186 Å². The maximum atomic E-state index is 6.75. The van der Waals surface area contributed by atoms with E-state index in [9.17, 15) is 0 Å². The van der Waals surface area contributed by atoms with Crippen molar-refractivity contribution in [2.24, 2.45) is 5.73 Å². The Hall–Kier alpha value is -5.32. The van der Waals surface area contributed by atoms with Crippen LogP contribution in [0.15, 0.2) is 158 Å². The van der Waals surface area contributed by atoms with Gasteiger partial charge in [-0.3, -0.25) is 5.32 Å². The molecule has 1 aliphatic carbocycles. The fourth-order valence-corrected chi connectivity index (χ4v) is 8.93. The molecule has 242 valence electrons. The molecule has 1 aromatic heterocycles. The number of thiophene rings is 1. The standard InChI is InChI=1S/C47H38N2S/c1-47(2)40-17-10-16-36(45(40)39-27-33-13-6-7-14-34(33)29-41(39)47)31-22-19-30(20-23-31)21-25-42(49-46(48)32-11-4-3-5-12-32)35-24-26-44-38(28-35)37-15-8-9-18-43(37)50-44/h3-29,42,46,49H,48H2,1-2H3/b25-21+. The van der Waals surface area contributed by atoms with Crippen LogP contribution in [-0.2, 0) is 5.41 Å². The maximum absolute atomic E-state index is 6.75. The van der Waals surface area contributed by atoms with Crippen LogP contribution in [0.4, 0.5) is 0 Å². The molecule has 0 amide bonds. The number of hydrogen-bond acceptors (Lipinski definition) is 3. The second-order valence-electron chi connectivity index (χ2n) is 14.0. The Bertz CT molecular complexity index is 2560. The van der Waals surface area contributed by atoms with Crippen molar-refractivity contribution in [2.75, 3.05) is 0 Å². The van der Waals surface area contributed by atoms with Crippen molar-refractivity contribution in [2.45, 2.75) is 31.5 Å². The summed E-state index contributed by atoms with van der Waals surface area (Å²) < 4.78 is 2.61. The minimum Gasteiger partial charge on any atom is -0.312 e. The third-order valence-corrected chi connectivity index (χ3v) is 11.7. The summed E-state index contributed by atoms with van der Waals surface area (Å²) in [5.74, 6) is 0. The van der Waals surface area contributed by atoms with Crippen LogP contribution in [0.25, 0.3) is 59.3 Å². The van der Waals surface area contributed by atoms with Crippen LogP contribution < -0.4 is 11.1 Å². The zero-order valence-corrected chi connectivity index (χ0v) is 29.0. The Morgan fingerprint density at radius 3 is 2.14 bits per heavy atom. The molecule has 8 aromatic rings. The van der Waals surface area contributed by atoms with E-state index in [1.807, 2.05) is 29.5 Å². The Kier molecular flexibility index (Phi) is 7.51. The molecule has 2 nitrogen and oxygen atoms in total. The molecule has 50 heavy (non-hydrogen) atoms. The van der Waals surface area contributed by atoms with Crippen LogP contribution in [0.5, 0.6) is 0 Å². The number of benzene rings is 7. The summed E-state index contributed by atoms with van der Waals surface area (Å²) in [5, 5.41) is 8.88. The molecule has 0 saturated heterocycles. The fraction of sp³-hybridized carbons (Fsp3) is 0.106. The summed E-state index contributed by atoms with van der Waals surface area (Å²) in [7, 11) is 0. The average Bonchev–Trinajstić information content (AvgIpc) is 3.64. The summed E-state index contributed by atoms with van der Waals surface area (Å²) in [6.45, 7) is 4.72. The molecule has 2 unspecified atom stereocenters. The number of fused-ring (bicyclic) bond motifs is 7. The Labute approximate surface area is 297 Å². The molecular formula is C47H38N2S. The van der Waals surface area contributed by atoms with E-state index in [4.69, 9.17) is 5.73 Å². The van der Waals surface area contributed by atoms with Crippen molar-refractivity contribution < 1.29 is 0 Å². The Balaban J connectivity index is 1.06. The number of nitrogens with two attached hydrogens (primary N) is 1. The van der Waals surface area contributed by atoms with Gasteiger partial charge in [0, 0.05) is 25.6 Å². The van der Waals surface area contributed by atoms with Crippen LogP contribution in [0, 0.1) is 0 Å². The van der Waals surface area contributed by atoms with E-state index in [0.717, 1.165) is 11.1 Å². The van der Waals surface area contributed by atoms with Gasteiger partial charge in [-0.25, -0.2) is 0 Å². The second kappa shape index (κ2) is 12.2. The predicted octanol–water partition coefficient (Wildman–Crippen LogP) is 12.2. The van der Waals surface area contributed by atoms with E-state index in [1.54, 1.807) is 0 Å². The molecule has 9 rings (SSSR count). The maximum Gasteiger partial charge on any atom is 0.0817 e.